The number of nitrogens with zero attached hydrogens (tertiary/aromatic N) is 2. The number of aromatic nitrogens is 2. The van der Waals surface area contributed by atoms with E-state index in [0.29, 0.717) is 23.3 Å². The summed E-state index contributed by atoms with van der Waals surface area (Å²) in [5, 5.41) is 0. The molecule has 0 bridgehead atoms. The first kappa shape index (κ1) is 15.4. The molecule has 1 N–H and O–H groups in total. The van der Waals surface area contributed by atoms with Crippen molar-refractivity contribution in [2.75, 3.05) is 12.3 Å². The molecule has 0 fully saturated rings. The molecular formula is C14H13N3O2S3. The van der Waals surface area contributed by atoms with E-state index in [1.165, 1.54) is 0 Å². The molecule has 8 heteroatoms. The van der Waals surface area contributed by atoms with E-state index >= 15 is 0 Å². The summed E-state index contributed by atoms with van der Waals surface area (Å²) in [7, 11) is -3.57. The van der Waals surface area contributed by atoms with Crippen LogP contribution in [0.1, 0.15) is 0 Å². The lowest BCUT2D eigenvalue weighted by Crippen LogP contribution is -2.26. The average molecular weight is 351 g/mol. The third-order valence-electron chi connectivity index (χ3n) is 2.94. The van der Waals surface area contributed by atoms with E-state index in [4.69, 9.17) is 0 Å². The Morgan fingerprint density at radius 2 is 1.86 bits per heavy atom. The standard InChI is InChI=1S/C14H13N3O2S3/c18-22(19,13-8-4-7-12-14(13)17-21-16-12)15-9-10-20-11-5-2-1-3-6-11/h1-8,15H,9-10H2. The Labute approximate surface area is 137 Å². The Balaban J connectivity index is 1.65. The van der Waals surface area contributed by atoms with Crippen LogP contribution in [0.2, 0.25) is 0 Å². The van der Waals surface area contributed by atoms with E-state index in [1.807, 2.05) is 30.3 Å². The monoisotopic (exact) mass is 351 g/mol. The summed E-state index contributed by atoms with van der Waals surface area (Å²) in [6, 6.07) is 14.9. The van der Waals surface area contributed by atoms with E-state index in [9.17, 15) is 8.42 Å². The van der Waals surface area contributed by atoms with Gasteiger partial charge in [-0.3, -0.25) is 0 Å². The SMILES string of the molecule is O=S(=O)(NCCSc1ccccc1)c1cccc2nsnc12. The number of rotatable bonds is 6. The van der Waals surface area contributed by atoms with Gasteiger partial charge in [-0.05, 0) is 24.3 Å². The molecular weight excluding hydrogens is 338 g/mol. The molecule has 0 saturated carbocycles. The molecule has 1 aromatic heterocycles. The van der Waals surface area contributed by atoms with Crippen LogP contribution >= 0.6 is 23.5 Å². The van der Waals surface area contributed by atoms with Gasteiger partial charge in [0.2, 0.25) is 10.0 Å². The zero-order chi connectivity index (χ0) is 15.4. The van der Waals surface area contributed by atoms with E-state index in [1.54, 1.807) is 30.0 Å². The summed E-state index contributed by atoms with van der Waals surface area (Å²) in [6.07, 6.45) is 0. The van der Waals surface area contributed by atoms with E-state index in [2.05, 4.69) is 13.5 Å². The lowest BCUT2D eigenvalue weighted by atomic mass is 10.3. The summed E-state index contributed by atoms with van der Waals surface area (Å²) in [5.41, 5.74) is 1.03. The topological polar surface area (TPSA) is 72.0 Å². The highest BCUT2D eigenvalue weighted by Crippen LogP contribution is 2.21. The number of sulfonamides is 1. The minimum Gasteiger partial charge on any atom is -0.210 e. The van der Waals surface area contributed by atoms with Crippen LogP contribution in [0.4, 0.5) is 0 Å². The van der Waals surface area contributed by atoms with Crippen molar-refractivity contribution in [1.29, 1.82) is 0 Å². The second kappa shape index (κ2) is 6.74. The van der Waals surface area contributed by atoms with Gasteiger partial charge in [0.05, 0.1) is 11.7 Å². The summed E-state index contributed by atoms with van der Waals surface area (Å²) in [4.78, 5) is 1.30. The largest absolute Gasteiger partial charge is 0.242 e. The predicted octanol–water partition coefficient (Wildman–Crippen LogP) is 2.76. The van der Waals surface area contributed by atoms with E-state index in [-0.39, 0.29) is 4.90 Å². The van der Waals surface area contributed by atoms with Gasteiger partial charge in [-0.2, -0.15) is 8.75 Å². The van der Waals surface area contributed by atoms with Crippen molar-refractivity contribution >= 4 is 44.5 Å². The summed E-state index contributed by atoms with van der Waals surface area (Å²) < 4.78 is 35.5. The van der Waals surface area contributed by atoms with Crippen LogP contribution in [0.25, 0.3) is 11.0 Å². The first-order valence-electron chi connectivity index (χ1n) is 6.55. The fourth-order valence-electron chi connectivity index (χ4n) is 1.94. The van der Waals surface area contributed by atoms with Crippen LogP contribution in [0.3, 0.4) is 0 Å². The third-order valence-corrected chi connectivity index (χ3v) is 5.99. The molecule has 0 amide bonds. The summed E-state index contributed by atoms with van der Waals surface area (Å²) >= 11 is 2.62. The van der Waals surface area contributed by atoms with Crippen LogP contribution in [-0.4, -0.2) is 29.5 Å². The molecule has 2 aromatic carbocycles. The Kier molecular flexibility index (Phi) is 4.72. The zero-order valence-corrected chi connectivity index (χ0v) is 13.9. The molecule has 0 atom stereocenters. The van der Waals surface area contributed by atoms with Gasteiger partial charge in [0, 0.05) is 17.2 Å². The Hall–Kier alpha value is -1.48. The van der Waals surface area contributed by atoms with Gasteiger partial charge in [0.1, 0.15) is 15.9 Å². The Morgan fingerprint density at radius 3 is 2.68 bits per heavy atom. The average Bonchev–Trinajstić information content (AvgIpc) is 3.01. The summed E-state index contributed by atoms with van der Waals surface area (Å²) in [6.45, 7) is 0.357. The van der Waals surface area contributed by atoms with Gasteiger partial charge in [0.15, 0.2) is 0 Å². The van der Waals surface area contributed by atoms with Crippen LogP contribution in [0.15, 0.2) is 58.3 Å². The summed E-state index contributed by atoms with van der Waals surface area (Å²) in [5.74, 6) is 0.661. The minimum atomic E-state index is -3.57. The first-order valence-corrected chi connectivity index (χ1v) is 9.75. The Morgan fingerprint density at radius 1 is 1.05 bits per heavy atom. The molecule has 3 rings (SSSR count). The maximum atomic E-state index is 12.4. The smallest absolute Gasteiger partial charge is 0.210 e. The van der Waals surface area contributed by atoms with Crippen LogP contribution in [-0.2, 0) is 10.0 Å². The molecule has 0 saturated heterocycles. The molecule has 114 valence electrons. The Bertz CT molecular complexity index is 863. The quantitative estimate of drug-likeness (QED) is 0.546. The number of nitrogens with one attached hydrogen (secondary N) is 1. The van der Waals surface area contributed by atoms with Crippen molar-refractivity contribution in [3.8, 4) is 0 Å². The normalized spacial score (nSPS) is 11.8. The second-order valence-electron chi connectivity index (χ2n) is 4.45. The van der Waals surface area contributed by atoms with Gasteiger partial charge >= 0.3 is 0 Å². The van der Waals surface area contributed by atoms with Gasteiger partial charge in [-0.1, -0.05) is 24.3 Å². The van der Waals surface area contributed by atoms with Crippen molar-refractivity contribution < 1.29 is 8.42 Å². The number of fused-ring (bicyclic) bond motifs is 1. The number of thioether (sulfide) groups is 1. The third kappa shape index (κ3) is 3.46. The molecule has 0 radical (unpaired) electrons. The molecule has 0 spiro atoms. The maximum absolute atomic E-state index is 12.4. The lowest BCUT2D eigenvalue weighted by molar-refractivity contribution is 0.585. The predicted molar refractivity (Wildman–Crippen MR) is 89.8 cm³/mol. The fourth-order valence-corrected chi connectivity index (χ4v) is 4.65. The van der Waals surface area contributed by atoms with Crippen molar-refractivity contribution in [3.63, 3.8) is 0 Å². The molecule has 0 aliphatic rings. The number of hydrogen-bond acceptors (Lipinski definition) is 6. The van der Waals surface area contributed by atoms with E-state index in [0.717, 1.165) is 16.6 Å². The highest BCUT2D eigenvalue weighted by Gasteiger charge is 2.18. The molecule has 5 nitrogen and oxygen atoms in total. The molecule has 0 aliphatic carbocycles. The maximum Gasteiger partial charge on any atom is 0.242 e. The van der Waals surface area contributed by atoms with Crippen LogP contribution < -0.4 is 4.72 Å². The van der Waals surface area contributed by atoms with Gasteiger partial charge in [-0.15, -0.1) is 11.8 Å². The number of benzene rings is 2. The minimum absolute atomic E-state index is 0.184. The molecule has 1 heterocycles. The van der Waals surface area contributed by atoms with Gasteiger partial charge in [-0.25, -0.2) is 13.1 Å². The van der Waals surface area contributed by atoms with E-state index < -0.39 is 10.0 Å². The number of hydrogen-bond donors (Lipinski definition) is 1. The van der Waals surface area contributed by atoms with Crippen molar-refractivity contribution in [3.05, 3.63) is 48.5 Å². The highest BCUT2D eigenvalue weighted by molar-refractivity contribution is 7.99. The van der Waals surface area contributed by atoms with Crippen molar-refractivity contribution in [1.82, 2.24) is 13.5 Å². The molecule has 3 aromatic rings. The first-order chi connectivity index (χ1) is 10.7. The lowest BCUT2D eigenvalue weighted by Gasteiger charge is -2.07. The molecule has 0 unspecified atom stereocenters. The molecule has 0 aliphatic heterocycles. The molecule has 22 heavy (non-hydrogen) atoms. The second-order valence-corrected chi connectivity index (χ2v) is 7.88. The van der Waals surface area contributed by atoms with Crippen molar-refractivity contribution in [2.45, 2.75) is 9.79 Å². The van der Waals surface area contributed by atoms with Crippen LogP contribution in [0.5, 0.6) is 0 Å². The van der Waals surface area contributed by atoms with Crippen LogP contribution in [0, 0.1) is 0 Å². The zero-order valence-electron chi connectivity index (χ0n) is 11.5. The van der Waals surface area contributed by atoms with Crippen molar-refractivity contribution in [2.24, 2.45) is 0 Å². The highest BCUT2D eigenvalue weighted by atomic mass is 32.2. The van der Waals surface area contributed by atoms with Gasteiger partial charge in [0.25, 0.3) is 0 Å². The fraction of sp³-hybridized carbons (Fsp3) is 0.143. The van der Waals surface area contributed by atoms with Gasteiger partial charge < -0.3 is 0 Å².